The molecule has 14 heavy (non-hydrogen) atoms. The normalized spacial score (nSPS) is 21.0. The molecule has 2 rings (SSSR count). The number of nitrogens with two attached hydrogens (primary N) is 1. The summed E-state index contributed by atoms with van der Waals surface area (Å²) in [5.74, 6) is 0.709. The monoisotopic (exact) mass is 194 g/mol. The third-order valence-corrected chi connectivity index (χ3v) is 2.19. The van der Waals surface area contributed by atoms with Crippen LogP contribution in [0.5, 0.6) is 5.75 Å². The van der Waals surface area contributed by atoms with E-state index in [-0.39, 0.29) is 6.10 Å². The van der Waals surface area contributed by atoms with Gasteiger partial charge in [-0.15, -0.1) is 0 Å². The molecule has 0 bridgehead atoms. The highest BCUT2D eigenvalue weighted by Gasteiger charge is 2.15. The minimum Gasteiger partial charge on any atom is -0.489 e. The van der Waals surface area contributed by atoms with Crippen molar-refractivity contribution in [2.75, 3.05) is 18.9 Å². The van der Waals surface area contributed by atoms with Crippen molar-refractivity contribution in [2.45, 2.75) is 18.9 Å². The van der Waals surface area contributed by atoms with Gasteiger partial charge in [0.15, 0.2) is 0 Å². The molecular formula is C10H14N2O2. The number of hydrogen-bond acceptors (Lipinski definition) is 4. The number of nitrogen functional groups attached to an aromatic ring is 1. The molecule has 1 aliphatic rings. The van der Waals surface area contributed by atoms with Gasteiger partial charge in [0, 0.05) is 12.7 Å². The fourth-order valence-electron chi connectivity index (χ4n) is 1.48. The predicted octanol–water partition coefficient (Wildman–Crippen LogP) is 1.22. The number of aromatic nitrogens is 1. The first-order valence-corrected chi connectivity index (χ1v) is 4.79. The van der Waals surface area contributed by atoms with E-state index in [1.165, 1.54) is 0 Å². The van der Waals surface area contributed by atoms with Crippen LogP contribution < -0.4 is 10.5 Å². The van der Waals surface area contributed by atoms with Crippen LogP contribution in [0.2, 0.25) is 0 Å². The summed E-state index contributed by atoms with van der Waals surface area (Å²) < 4.78 is 10.9. The Morgan fingerprint density at radius 2 is 2.50 bits per heavy atom. The van der Waals surface area contributed by atoms with E-state index in [2.05, 4.69) is 4.98 Å². The number of pyridine rings is 1. The molecule has 2 heterocycles. The van der Waals surface area contributed by atoms with Gasteiger partial charge in [-0.25, -0.2) is 0 Å². The van der Waals surface area contributed by atoms with Crippen LogP contribution in [-0.4, -0.2) is 24.3 Å². The summed E-state index contributed by atoms with van der Waals surface area (Å²) in [4.78, 5) is 3.94. The topological polar surface area (TPSA) is 57.4 Å². The summed E-state index contributed by atoms with van der Waals surface area (Å²) in [7, 11) is 0. The minimum absolute atomic E-state index is 0.233. The molecule has 4 nitrogen and oxygen atoms in total. The Labute approximate surface area is 83.0 Å². The van der Waals surface area contributed by atoms with Crippen molar-refractivity contribution >= 4 is 5.69 Å². The number of ether oxygens (including phenoxy) is 2. The lowest BCUT2D eigenvalue weighted by Gasteiger charge is -2.10. The third kappa shape index (κ3) is 2.35. The molecule has 76 valence electrons. The lowest BCUT2D eigenvalue weighted by atomic mass is 10.2. The number of anilines is 1. The van der Waals surface area contributed by atoms with E-state index in [4.69, 9.17) is 15.2 Å². The van der Waals surface area contributed by atoms with Crippen molar-refractivity contribution in [2.24, 2.45) is 0 Å². The molecule has 0 aliphatic carbocycles. The summed E-state index contributed by atoms with van der Waals surface area (Å²) in [6.07, 6.45) is 5.69. The van der Waals surface area contributed by atoms with Crippen LogP contribution in [0.3, 0.4) is 0 Å². The average molecular weight is 194 g/mol. The van der Waals surface area contributed by atoms with E-state index >= 15 is 0 Å². The van der Waals surface area contributed by atoms with Crippen LogP contribution in [0, 0.1) is 0 Å². The van der Waals surface area contributed by atoms with E-state index in [1.54, 1.807) is 18.5 Å². The molecule has 1 aromatic rings. The van der Waals surface area contributed by atoms with Gasteiger partial charge in [-0.05, 0) is 12.8 Å². The quantitative estimate of drug-likeness (QED) is 0.786. The Kier molecular flexibility index (Phi) is 2.84. The Morgan fingerprint density at radius 3 is 3.21 bits per heavy atom. The molecule has 4 heteroatoms. The molecule has 1 aliphatic heterocycles. The fraction of sp³-hybridized carbons (Fsp3) is 0.500. The average Bonchev–Trinajstić information content (AvgIpc) is 2.67. The van der Waals surface area contributed by atoms with Crippen molar-refractivity contribution in [1.29, 1.82) is 0 Å². The molecule has 0 saturated carbocycles. The first-order chi connectivity index (χ1) is 6.84. The molecule has 1 saturated heterocycles. The molecule has 0 aromatic carbocycles. The Bertz CT molecular complexity index is 298. The van der Waals surface area contributed by atoms with Crippen molar-refractivity contribution in [1.82, 2.24) is 4.98 Å². The molecule has 1 aromatic heterocycles. The van der Waals surface area contributed by atoms with Gasteiger partial charge in [0.1, 0.15) is 12.4 Å². The van der Waals surface area contributed by atoms with Crippen LogP contribution >= 0.6 is 0 Å². The standard InChI is InChI=1S/C10H14N2O2/c11-8-4-10(6-12-5-8)14-7-9-2-1-3-13-9/h4-6,9H,1-3,7,11H2. The third-order valence-electron chi connectivity index (χ3n) is 2.19. The maximum absolute atomic E-state index is 5.57. The molecule has 0 radical (unpaired) electrons. The molecule has 0 spiro atoms. The molecule has 0 amide bonds. The highest BCUT2D eigenvalue weighted by molar-refractivity contribution is 5.39. The van der Waals surface area contributed by atoms with Crippen LogP contribution in [-0.2, 0) is 4.74 Å². The van der Waals surface area contributed by atoms with E-state index in [0.717, 1.165) is 19.4 Å². The van der Waals surface area contributed by atoms with Crippen LogP contribution in [0.4, 0.5) is 5.69 Å². The van der Waals surface area contributed by atoms with Crippen molar-refractivity contribution in [3.63, 3.8) is 0 Å². The second-order valence-corrected chi connectivity index (χ2v) is 3.40. The minimum atomic E-state index is 0.233. The van der Waals surface area contributed by atoms with E-state index in [0.29, 0.717) is 18.0 Å². The molecule has 1 atom stereocenters. The summed E-state index contributed by atoms with van der Waals surface area (Å²) in [6, 6.07) is 1.77. The zero-order valence-electron chi connectivity index (χ0n) is 7.98. The van der Waals surface area contributed by atoms with Crippen LogP contribution in [0.1, 0.15) is 12.8 Å². The summed E-state index contributed by atoms with van der Waals surface area (Å²) in [5, 5.41) is 0. The molecule has 1 unspecified atom stereocenters. The summed E-state index contributed by atoms with van der Waals surface area (Å²) in [5.41, 5.74) is 6.19. The van der Waals surface area contributed by atoms with Crippen LogP contribution in [0.25, 0.3) is 0 Å². The van der Waals surface area contributed by atoms with Gasteiger partial charge in [-0.3, -0.25) is 4.98 Å². The molecule has 2 N–H and O–H groups in total. The lowest BCUT2D eigenvalue weighted by Crippen LogP contribution is -2.16. The molecule has 1 fully saturated rings. The number of rotatable bonds is 3. The SMILES string of the molecule is Nc1cncc(OCC2CCCO2)c1. The second kappa shape index (κ2) is 4.28. The van der Waals surface area contributed by atoms with Gasteiger partial charge in [0.2, 0.25) is 0 Å². The zero-order chi connectivity index (χ0) is 9.80. The predicted molar refractivity (Wildman–Crippen MR) is 53.1 cm³/mol. The maximum Gasteiger partial charge on any atom is 0.139 e. The van der Waals surface area contributed by atoms with Crippen molar-refractivity contribution < 1.29 is 9.47 Å². The summed E-state index contributed by atoms with van der Waals surface area (Å²) >= 11 is 0. The van der Waals surface area contributed by atoms with Gasteiger partial charge in [0.05, 0.1) is 24.2 Å². The van der Waals surface area contributed by atoms with Gasteiger partial charge < -0.3 is 15.2 Å². The summed E-state index contributed by atoms with van der Waals surface area (Å²) in [6.45, 7) is 1.44. The van der Waals surface area contributed by atoms with Gasteiger partial charge in [-0.2, -0.15) is 0 Å². The Morgan fingerprint density at radius 1 is 1.57 bits per heavy atom. The van der Waals surface area contributed by atoms with Gasteiger partial charge >= 0.3 is 0 Å². The Hall–Kier alpha value is -1.29. The zero-order valence-corrected chi connectivity index (χ0v) is 7.98. The highest BCUT2D eigenvalue weighted by atomic mass is 16.5. The second-order valence-electron chi connectivity index (χ2n) is 3.40. The van der Waals surface area contributed by atoms with Crippen LogP contribution in [0.15, 0.2) is 18.5 Å². The molecular weight excluding hydrogens is 180 g/mol. The maximum atomic E-state index is 5.57. The first kappa shape index (κ1) is 9.27. The van der Waals surface area contributed by atoms with E-state index in [9.17, 15) is 0 Å². The number of nitrogens with zero attached hydrogens (tertiary/aromatic N) is 1. The lowest BCUT2D eigenvalue weighted by molar-refractivity contribution is 0.0678. The van der Waals surface area contributed by atoms with Crippen molar-refractivity contribution in [3.8, 4) is 5.75 Å². The van der Waals surface area contributed by atoms with Crippen molar-refractivity contribution in [3.05, 3.63) is 18.5 Å². The first-order valence-electron chi connectivity index (χ1n) is 4.79. The largest absolute Gasteiger partial charge is 0.489 e. The van der Waals surface area contributed by atoms with E-state index < -0.39 is 0 Å². The van der Waals surface area contributed by atoms with E-state index in [1.807, 2.05) is 0 Å². The van der Waals surface area contributed by atoms with Gasteiger partial charge in [-0.1, -0.05) is 0 Å². The van der Waals surface area contributed by atoms with Gasteiger partial charge in [0.25, 0.3) is 0 Å². The Balaban J connectivity index is 1.85. The highest BCUT2D eigenvalue weighted by Crippen LogP contribution is 2.16. The smallest absolute Gasteiger partial charge is 0.139 e. The fourth-order valence-corrected chi connectivity index (χ4v) is 1.48. The number of hydrogen-bond donors (Lipinski definition) is 1.